The van der Waals surface area contributed by atoms with Crippen molar-refractivity contribution in [2.45, 2.75) is 6.92 Å². The molecule has 0 aliphatic heterocycles. The first-order valence-corrected chi connectivity index (χ1v) is 9.60. The zero-order valence-electron chi connectivity index (χ0n) is 17.3. The van der Waals surface area contributed by atoms with Gasteiger partial charge in [0.1, 0.15) is 5.75 Å². The molecular weight excluding hydrogens is 428 g/mol. The van der Waals surface area contributed by atoms with Crippen LogP contribution < -0.4 is 15.5 Å². The first-order chi connectivity index (χ1) is 15.8. The van der Waals surface area contributed by atoms with Gasteiger partial charge >= 0.3 is 5.97 Å². The maximum Gasteiger partial charge on any atom is 0.343 e. The monoisotopic (exact) mass is 446 g/mol. The summed E-state index contributed by atoms with van der Waals surface area (Å²) in [5.41, 5.74) is 3.44. The molecule has 0 aliphatic rings. The van der Waals surface area contributed by atoms with Crippen molar-refractivity contribution in [3.63, 3.8) is 0 Å². The van der Waals surface area contributed by atoms with Crippen molar-refractivity contribution in [1.82, 2.24) is 5.43 Å². The number of ether oxygens (including phenoxy) is 1. The van der Waals surface area contributed by atoms with Crippen molar-refractivity contribution in [3.05, 3.63) is 99.6 Å². The summed E-state index contributed by atoms with van der Waals surface area (Å²) in [5.74, 6) is -1.32. The van der Waals surface area contributed by atoms with Gasteiger partial charge in [-0.1, -0.05) is 18.2 Å². The van der Waals surface area contributed by atoms with Gasteiger partial charge in [0.2, 0.25) is 5.91 Å². The van der Waals surface area contributed by atoms with Crippen molar-refractivity contribution < 1.29 is 24.0 Å². The van der Waals surface area contributed by atoms with E-state index in [9.17, 15) is 24.5 Å². The lowest BCUT2D eigenvalue weighted by Gasteiger charge is -2.07. The van der Waals surface area contributed by atoms with E-state index < -0.39 is 16.8 Å². The zero-order valence-corrected chi connectivity index (χ0v) is 17.3. The van der Waals surface area contributed by atoms with Crippen molar-refractivity contribution in [2.75, 3.05) is 5.32 Å². The van der Waals surface area contributed by atoms with Crippen LogP contribution >= 0.6 is 0 Å². The molecule has 3 aromatic carbocycles. The van der Waals surface area contributed by atoms with Crippen LogP contribution in [0.2, 0.25) is 0 Å². The molecule has 0 spiro atoms. The summed E-state index contributed by atoms with van der Waals surface area (Å²) in [5, 5.41) is 17.4. The number of non-ortho nitro benzene ring substituents is 1. The molecule has 3 aromatic rings. The van der Waals surface area contributed by atoms with E-state index in [-0.39, 0.29) is 22.9 Å². The standard InChI is InChI=1S/C23H18N4O6/c1-15(28)25-19-11-9-16(10-12-19)22(29)26-24-14-18-5-2-3-8-21(18)33-23(30)17-6-4-7-20(13-17)27(31)32/h2-14H,1H3,(H,25,28)(H,26,29)/b24-14+. The fourth-order valence-corrected chi connectivity index (χ4v) is 2.72. The van der Waals surface area contributed by atoms with E-state index in [1.54, 1.807) is 30.3 Å². The average Bonchev–Trinajstić information content (AvgIpc) is 2.80. The molecule has 0 saturated heterocycles. The predicted molar refractivity (Wildman–Crippen MR) is 120 cm³/mol. The van der Waals surface area contributed by atoms with Crippen LogP contribution in [0.15, 0.2) is 77.9 Å². The molecule has 0 aliphatic carbocycles. The highest BCUT2D eigenvalue weighted by molar-refractivity contribution is 5.97. The third kappa shape index (κ3) is 6.31. The second kappa shape index (κ2) is 10.4. The Kier molecular flexibility index (Phi) is 7.22. The van der Waals surface area contributed by atoms with Gasteiger partial charge < -0.3 is 10.1 Å². The van der Waals surface area contributed by atoms with Crippen LogP contribution in [0.3, 0.4) is 0 Å². The summed E-state index contributed by atoms with van der Waals surface area (Å²) in [4.78, 5) is 46.0. The van der Waals surface area contributed by atoms with Gasteiger partial charge in [-0.3, -0.25) is 19.7 Å². The molecule has 0 fully saturated rings. The van der Waals surface area contributed by atoms with E-state index in [2.05, 4.69) is 15.8 Å². The van der Waals surface area contributed by atoms with E-state index >= 15 is 0 Å². The number of nitro groups is 1. The van der Waals surface area contributed by atoms with Gasteiger partial charge in [0.05, 0.1) is 16.7 Å². The Morgan fingerprint density at radius 2 is 1.70 bits per heavy atom. The largest absolute Gasteiger partial charge is 0.422 e. The number of esters is 1. The lowest BCUT2D eigenvalue weighted by molar-refractivity contribution is -0.384. The van der Waals surface area contributed by atoms with E-state index in [4.69, 9.17) is 4.74 Å². The number of hydrogen-bond donors (Lipinski definition) is 2. The Morgan fingerprint density at radius 3 is 2.39 bits per heavy atom. The smallest absolute Gasteiger partial charge is 0.343 e. The topological polar surface area (TPSA) is 140 Å². The minimum absolute atomic E-state index is 0.0203. The summed E-state index contributed by atoms with van der Waals surface area (Å²) in [6.45, 7) is 1.38. The second-order valence-electron chi connectivity index (χ2n) is 6.69. The lowest BCUT2D eigenvalue weighted by atomic mass is 10.2. The molecule has 0 unspecified atom stereocenters. The zero-order chi connectivity index (χ0) is 23.8. The molecule has 2 N–H and O–H groups in total. The van der Waals surface area contributed by atoms with Crippen molar-refractivity contribution >= 4 is 35.4 Å². The summed E-state index contributed by atoms with van der Waals surface area (Å²) in [7, 11) is 0. The maximum absolute atomic E-state index is 12.4. The fourth-order valence-electron chi connectivity index (χ4n) is 2.72. The molecule has 2 amide bonds. The van der Waals surface area contributed by atoms with Crippen LogP contribution in [-0.4, -0.2) is 28.9 Å². The Morgan fingerprint density at radius 1 is 0.970 bits per heavy atom. The van der Waals surface area contributed by atoms with Crippen molar-refractivity contribution in [1.29, 1.82) is 0 Å². The highest BCUT2D eigenvalue weighted by Gasteiger charge is 2.15. The van der Waals surface area contributed by atoms with Crippen LogP contribution in [0.4, 0.5) is 11.4 Å². The van der Waals surface area contributed by atoms with Crippen LogP contribution in [-0.2, 0) is 4.79 Å². The van der Waals surface area contributed by atoms with Gasteiger partial charge in [-0.15, -0.1) is 0 Å². The molecule has 0 aromatic heterocycles. The third-order valence-corrected chi connectivity index (χ3v) is 4.25. The number of hydrogen-bond acceptors (Lipinski definition) is 7. The summed E-state index contributed by atoms with van der Waals surface area (Å²) >= 11 is 0. The predicted octanol–water partition coefficient (Wildman–Crippen LogP) is 3.54. The van der Waals surface area contributed by atoms with Crippen LogP contribution in [0.5, 0.6) is 5.75 Å². The molecule has 10 nitrogen and oxygen atoms in total. The highest BCUT2D eigenvalue weighted by Crippen LogP contribution is 2.19. The van der Waals surface area contributed by atoms with E-state index in [1.807, 2.05) is 0 Å². The Labute approximate surface area is 188 Å². The molecule has 0 atom stereocenters. The van der Waals surface area contributed by atoms with Gasteiger partial charge in [-0.05, 0) is 42.5 Å². The Hall–Kier alpha value is -4.86. The number of rotatable bonds is 7. The average molecular weight is 446 g/mol. The number of carbonyl (C=O) groups is 3. The molecule has 166 valence electrons. The highest BCUT2D eigenvalue weighted by atomic mass is 16.6. The Bertz CT molecular complexity index is 1240. The van der Waals surface area contributed by atoms with Gasteiger partial charge in [0.25, 0.3) is 11.6 Å². The van der Waals surface area contributed by atoms with Crippen LogP contribution in [0.25, 0.3) is 0 Å². The minimum atomic E-state index is -0.775. The first kappa shape index (κ1) is 22.8. The SMILES string of the molecule is CC(=O)Nc1ccc(C(=O)N/N=C/c2ccccc2OC(=O)c2cccc([N+](=O)[O-])c2)cc1. The molecule has 0 saturated carbocycles. The molecule has 33 heavy (non-hydrogen) atoms. The number of para-hydroxylation sites is 1. The molecule has 3 rings (SSSR count). The maximum atomic E-state index is 12.4. The second-order valence-corrected chi connectivity index (χ2v) is 6.69. The molecule has 0 radical (unpaired) electrons. The van der Waals surface area contributed by atoms with Gasteiger partial charge in [0.15, 0.2) is 0 Å². The van der Waals surface area contributed by atoms with Crippen LogP contribution in [0, 0.1) is 10.1 Å². The number of hydrazone groups is 1. The first-order valence-electron chi connectivity index (χ1n) is 9.60. The fraction of sp³-hybridized carbons (Fsp3) is 0.0435. The molecule has 0 heterocycles. The Balaban J connectivity index is 1.67. The van der Waals surface area contributed by atoms with Crippen molar-refractivity contribution in [2.24, 2.45) is 5.10 Å². The van der Waals surface area contributed by atoms with Gasteiger partial charge in [-0.2, -0.15) is 5.10 Å². The normalized spacial score (nSPS) is 10.5. The number of benzene rings is 3. The molecule has 0 bridgehead atoms. The van der Waals surface area contributed by atoms with E-state index in [0.29, 0.717) is 16.8 Å². The summed E-state index contributed by atoms with van der Waals surface area (Å²) in [6, 6.07) is 17.9. The minimum Gasteiger partial charge on any atom is -0.422 e. The van der Waals surface area contributed by atoms with Crippen LogP contribution in [0.1, 0.15) is 33.2 Å². The lowest BCUT2D eigenvalue weighted by Crippen LogP contribution is -2.18. The van der Waals surface area contributed by atoms with Crippen molar-refractivity contribution in [3.8, 4) is 5.75 Å². The summed E-state index contributed by atoms with van der Waals surface area (Å²) < 4.78 is 5.35. The van der Waals surface area contributed by atoms with Gasteiger partial charge in [0, 0.05) is 35.9 Å². The number of nitrogens with zero attached hydrogens (tertiary/aromatic N) is 2. The third-order valence-electron chi connectivity index (χ3n) is 4.25. The summed E-state index contributed by atoms with van der Waals surface area (Å²) in [6.07, 6.45) is 1.31. The number of amides is 2. The van der Waals surface area contributed by atoms with E-state index in [0.717, 1.165) is 6.07 Å². The number of nitro benzene ring substituents is 1. The number of anilines is 1. The van der Waals surface area contributed by atoms with E-state index in [1.165, 1.54) is 49.5 Å². The number of nitrogens with one attached hydrogen (secondary N) is 2. The number of carbonyl (C=O) groups excluding carboxylic acids is 3. The quantitative estimate of drug-likeness (QED) is 0.187. The van der Waals surface area contributed by atoms with Gasteiger partial charge in [-0.25, -0.2) is 10.2 Å². The molecular formula is C23H18N4O6. The molecule has 10 heteroatoms.